The van der Waals surface area contributed by atoms with Crippen LogP contribution in [0.3, 0.4) is 0 Å². The zero-order chi connectivity index (χ0) is 25.5. The average molecular weight is 490 g/mol. The highest BCUT2D eigenvalue weighted by molar-refractivity contribution is 6.07. The van der Waals surface area contributed by atoms with E-state index in [0.29, 0.717) is 42.7 Å². The first-order valence-corrected chi connectivity index (χ1v) is 12.2. The normalized spacial score (nSPS) is 17.3. The molecule has 0 bridgehead atoms. The van der Waals surface area contributed by atoms with Crippen LogP contribution >= 0.6 is 0 Å². The highest BCUT2D eigenvalue weighted by Gasteiger charge is 2.22. The SMILES string of the molecule is NC(=O)NCc1ccc(-c2cc(C(=O)NCC3CCC(CNC(=O)O)CC3)c3ccccc3n2)cc1. The molecule has 1 saturated carbocycles. The monoisotopic (exact) mass is 489 g/mol. The molecule has 188 valence electrons. The number of nitrogens with two attached hydrogens (primary N) is 1. The molecule has 1 heterocycles. The van der Waals surface area contributed by atoms with Gasteiger partial charge in [-0.1, -0.05) is 42.5 Å². The lowest BCUT2D eigenvalue weighted by molar-refractivity contribution is 0.0942. The Bertz CT molecular complexity index is 1240. The number of aromatic nitrogens is 1. The second kappa shape index (κ2) is 11.5. The van der Waals surface area contributed by atoms with Crippen molar-refractivity contribution < 1.29 is 19.5 Å². The molecule has 0 spiro atoms. The topological polar surface area (TPSA) is 146 Å². The Morgan fingerprint density at radius 1 is 0.889 bits per heavy atom. The van der Waals surface area contributed by atoms with Gasteiger partial charge in [-0.25, -0.2) is 14.6 Å². The minimum atomic E-state index is -0.982. The lowest BCUT2D eigenvalue weighted by Crippen LogP contribution is -2.34. The quantitative estimate of drug-likeness (QED) is 0.326. The van der Waals surface area contributed by atoms with E-state index in [1.165, 1.54) is 0 Å². The number of para-hydroxylation sites is 1. The summed E-state index contributed by atoms with van der Waals surface area (Å²) in [6.07, 6.45) is 2.85. The molecule has 0 radical (unpaired) electrons. The minimum absolute atomic E-state index is 0.133. The van der Waals surface area contributed by atoms with E-state index in [2.05, 4.69) is 16.0 Å². The predicted molar refractivity (Wildman–Crippen MR) is 137 cm³/mol. The van der Waals surface area contributed by atoms with Crippen LogP contribution in [0.1, 0.15) is 41.6 Å². The van der Waals surface area contributed by atoms with E-state index in [9.17, 15) is 14.4 Å². The summed E-state index contributed by atoms with van der Waals surface area (Å²) in [5, 5.41) is 17.7. The number of benzene rings is 2. The van der Waals surface area contributed by atoms with Gasteiger partial charge in [0.15, 0.2) is 0 Å². The molecule has 1 fully saturated rings. The molecule has 6 N–H and O–H groups in total. The van der Waals surface area contributed by atoms with Crippen LogP contribution in [-0.2, 0) is 6.54 Å². The van der Waals surface area contributed by atoms with Gasteiger partial charge in [0.05, 0.1) is 16.8 Å². The fourth-order valence-electron chi connectivity index (χ4n) is 4.70. The van der Waals surface area contributed by atoms with E-state index in [0.717, 1.165) is 47.7 Å². The number of rotatable bonds is 8. The maximum atomic E-state index is 13.3. The van der Waals surface area contributed by atoms with Gasteiger partial charge < -0.3 is 26.8 Å². The zero-order valence-electron chi connectivity index (χ0n) is 20.0. The van der Waals surface area contributed by atoms with E-state index >= 15 is 0 Å². The van der Waals surface area contributed by atoms with E-state index < -0.39 is 12.1 Å². The summed E-state index contributed by atoms with van der Waals surface area (Å²) in [5.41, 5.74) is 8.93. The third-order valence-corrected chi connectivity index (χ3v) is 6.74. The molecule has 2 aromatic carbocycles. The number of pyridine rings is 1. The second-order valence-corrected chi connectivity index (χ2v) is 9.27. The van der Waals surface area contributed by atoms with Crippen molar-refractivity contribution in [2.24, 2.45) is 17.6 Å². The van der Waals surface area contributed by atoms with Gasteiger partial charge >= 0.3 is 12.1 Å². The molecule has 9 heteroatoms. The van der Waals surface area contributed by atoms with Crippen molar-refractivity contribution in [2.45, 2.75) is 32.2 Å². The molecular formula is C27H31N5O4. The lowest BCUT2D eigenvalue weighted by Gasteiger charge is -2.28. The molecular weight excluding hydrogens is 458 g/mol. The molecule has 0 unspecified atom stereocenters. The van der Waals surface area contributed by atoms with E-state index in [1.807, 2.05) is 54.6 Å². The van der Waals surface area contributed by atoms with Gasteiger partial charge in [-0.05, 0) is 55.2 Å². The summed E-state index contributed by atoms with van der Waals surface area (Å²) < 4.78 is 0. The number of urea groups is 1. The highest BCUT2D eigenvalue weighted by atomic mass is 16.4. The largest absolute Gasteiger partial charge is 0.465 e. The maximum Gasteiger partial charge on any atom is 0.404 e. The molecule has 3 aromatic rings. The Morgan fingerprint density at radius 2 is 1.53 bits per heavy atom. The Hall–Kier alpha value is -4.14. The maximum absolute atomic E-state index is 13.3. The molecule has 0 atom stereocenters. The second-order valence-electron chi connectivity index (χ2n) is 9.27. The molecule has 4 amide bonds. The van der Waals surface area contributed by atoms with Crippen molar-refractivity contribution in [3.05, 3.63) is 65.7 Å². The highest BCUT2D eigenvalue weighted by Crippen LogP contribution is 2.29. The van der Waals surface area contributed by atoms with Gasteiger partial charge in [-0.2, -0.15) is 0 Å². The van der Waals surface area contributed by atoms with Crippen LogP contribution in [-0.4, -0.2) is 41.2 Å². The first-order chi connectivity index (χ1) is 17.4. The number of nitrogens with one attached hydrogen (secondary N) is 3. The summed E-state index contributed by atoms with van der Waals surface area (Å²) in [4.78, 5) is 39.7. The number of carbonyl (C=O) groups is 3. The smallest absolute Gasteiger partial charge is 0.404 e. The standard InChI is InChI=1S/C27H31N5O4/c28-26(34)30-15-19-9-11-20(12-10-19)24-13-22(21-3-1-2-4-23(21)32-24)25(33)29-14-17-5-7-18(8-6-17)16-31-27(35)36/h1-4,9-13,17-18,31H,5-8,14-16H2,(H,29,33)(H,35,36)(H3,28,30,34). The summed E-state index contributed by atoms with van der Waals surface area (Å²) in [5.74, 6) is 0.605. The van der Waals surface area contributed by atoms with Crippen molar-refractivity contribution in [2.75, 3.05) is 13.1 Å². The molecule has 1 aliphatic rings. The number of primary amides is 1. The third-order valence-electron chi connectivity index (χ3n) is 6.74. The fourth-order valence-corrected chi connectivity index (χ4v) is 4.70. The first kappa shape index (κ1) is 25.0. The summed E-state index contributed by atoms with van der Waals surface area (Å²) in [7, 11) is 0. The number of hydrogen-bond donors (Lipinski definition) is 5. The van der Waals surface area contributed by atoms with Gasteiger partial charge in [-0.15, -0.1) is 0 Å². The zero-order valence-corrected chi connectivity index (χ0v) is 20.0. The molecule has 4 rings (SSSR count). The average Bonchev–Trinajstić information content (AvgIpc) is 2.89. The lowest BCUT2D eigenvalue weighted by atomic mass is 9.82. The van der Waals surface area contributed by atoms with E-state index in [-0.39, 0.29) is 5.91 Å². The third kappa shape index (κ3) is 6.50. The van der Waals surface area contributed by atoms with Crippen LogP contribution in [0.2, 0.25) is 0 Å². The van der Waals surface area contributed by atoms with Crippen molar-refractivity contribution >= 4 is 28.9 Å². The van der Waals surface area contributed by atoms with Crippen molar-refractivity contribution in [3.8, 4) is 11.3 Å². The summed E-state index contributed by atoms with van der Waals surface area (Å²) in [6, 6.07) is 16.5. The van der Waals surface area contributed by atoms with Crippen LogP contribution in [0, 0.1) is 11.8 Å². The number of fused-ring (bicyclic) bond motifs is 1. The fraction of sp³-hybridized carbons (Fsp3) is 0.333. The van der Waals surface area contributed by atoms with Gasteiger partial charge in [0.25, 0.3) is 5.91 Å². The number of carbonyl (C=O) groups excluding carboxylic acids is 2. The molecule has 1 aromatic heterocycles. The molecule has 36 heavy (non-hydrogen) atoms. The van der Waals surface area contributed by atoms with E-state index in [4.69, 9.17) is 15.8 Å². The predicted octanol–water partition coefficient (Wildman–Crippen LogP) is 3.87. The van der Waals surface area contributed by atoms with Crippen molar-refractivity contribution in [3.63, 3.8) is 0 Å². The summed E-state index contributed by atoms with van der Waals surface area (Å²) >= 11 is 0. The molecule has 1 aliphatic carbocycles. The first-order valence-electron chi connectivity index (χ1n) is 12.2. The molecule has 0 saturated heterocycles. The minimum Gasteiger partial charge on any atom is -0.465 e. The summed E-state index contributed by atoms with van der Waals surface area (Å²) in [6.45, 7) is 1.42. The number of nitrogens with zero attached hydrogens (tertiary/aromatic N) is 1. The Balaban J connectivity index is 1.44. The van der Waals surface area contributed by atoms with Gasteiger partial charge in [-0.3, -0.25) is 4.79 Å². The molecule has 0 aliphatic heterocycles. The van der Waals surface area contributed by atoms with Gasteiger partial charge in [0, 0.05) is 30.6 Å². The van der Waals surface area contributed by atoms with Crippen LogP contribution in [0.4, 0.5) is 9.59 Å². The van der Waals surface area contributed by atoms with Crippen LogP contribution in [0.15, 0.2) is 54.6 Å². The van der Waals surface area contributed by atoms with Crippen LogP contribution < -0.4 is 21.7 Å². The Labute approximate surface area is 209 Å². The Kier molecular flexibility index (Phi) is 7.99. The van der Waals surface area contributed by atoms with Crippen LogP contribution in [0.5, 0.6) is 0 Å². The Morgan fingerprint density at radius 3 is 2.17 bits per heavy atom. The number of carboxylic acid groups (broad SMARTS) is 1. The van der Waals surface area contributed by atoms with Crippen molar-refractivity contribution in [1.29, 1.82) is 0 Å². The number of amides is 4. The van der Waals surface area contributed by atoms with Crippen LogP contribution in [0.25, 0.3) is 22.2 Å². The number of hydrogen-bond acceptors (Lipinski definition) is 4. The molecule has 9 nitrogen and oxygen atoms in total. The van der Waals surface area contributed by atoms with Gasteiger partial charge in [0.1, 0.15) is 0 Å². The van der Waals surface area contributed by atoms with Crippen molar-refractivity contribution in [1.82, 2.24) is 20.9 Å². The van der Waals surface area contributed by atoms with Gasteiger partial charge in [0.2, 0.25) is 0 Å². The van der Waals surface area contributed by atoms with E-state index in [1.54, 1.807) is 0 Å².